The second-order valence-corrected chi connectivity index (χ2v) is 3.77. The molecule has 0 spiro atoms. The summed E-state index contributed by atoms with van der Waals surface area (Å²) in [7, 11) is 1.58. The number of halogens is 1. The lowest BCUT2D eigenvalue weighted by atomic mass is 10.0. The van der Waals surface area contributed by atoms with E-state index >= 15 is 0 Å². The maximum atomic E-state index is 10.6. The van der Waals surface area contributed by atoms with Gasteiger partial charge >= 0.3 is 6.09 Å². The quantitative estimate of drug-likeness (QED) is 0.836. The van der Waals surface area contributed by atoms with Gasteiger partial charge in [0.15, 0.2) is 0 Å². The van der Waals surface area contributed by atoms with E-state index in [1.165, 1.54) is 0 Å². The van der Waals surface area contributed by atoms with Crippen LogP contribution < -0.4 is 5.32 Å². The van der Waals surface area contributed by atoms with Gasteiger partial charge in [-0.15, -0.1) is 0 Å². The molecule has 0 radical (unpaired) electrons. The van der Waals surface area contributed by atoms with Gasteiger partial charge in [0.25, 0.3) is 0 Å². The molecule has 0 saturated heterocycles. The van der Waals surface area contributed by atoms with E-state index in [4.69, 9.17) is 21.4 Å². The Bertz CT molecular complexity index is 340. The van der Waals surface area contributed by atoms with Gasteiger partial charge in [-0.05, 0) is 24.1 Å². The Morgan fingerprint density at radius 1 is 1.50 bits per heavy atom. The molecule has 0 aliphatic rings. The van der Waals surface area contributed by atoms with Crippen molar-refractivity contribution in [3.8, 4) is 0 Å². The summed E-state index contributed by atoms with van der Waals surface area (Å²) in [4.78, 5) is 10.6. The number of nitrogens with one attached hydrogen (secondary N) is 1. The average Bonchev–Trinajstić information content (AvgIpc) is 2.25. The van der Waals surface area contributed by atoms with Crippen LogP contribution in [-0.2, 0) is 4.74 Å². The van der Waals surface area contributed by atoms with Crippen molar-refractivity contribution >= 4 is 17.7 Å². The van der Waals surface area contributed by atoms with Crippen molar-refractivity contribution in [2.75, 3.05) is 13.7 Å². The van der Waals surface area contributed by atoms with Crippen LogP contribution in [0, 0.1) is 0 Å². The zero-order valence-corrected chi connectivity index (χ0v) is 9.70. The number of amides is 1. The zero-order chi connectivity index (χ0) is 12.0. The van der Waals surface area contributed by atoms with E-state index in [1.807, 2.05) is 0 Å². The minimum absolute atomic E-state index is 0.269. The molecule has 1 amide bonds. The second kappa shape index (κ2) is 6.35. The van der Waals surface area contributed by atoms with Gasteiger partial charge in [0.05, 0.1) is 6.04 Å². The molecule has 0 bridgehead atoms. The molecule has 16 heavy (non-hydrogen) atoms. The number of methoxy groups -OCH3 is 1. The Hall–Kier alpha value is -1.26. The van der Waals surface area contributed by atoms with E-state index in [-0.39, 0.29) is 6.04 Å². The van der Waals surface area contributed by atoms with Crippen LogP contribution in [0.1, 0.15) is 18.0 Å². The Kier molecular flexibility index (Phi) is 5.08. The third-order valence-corrected chi connectivity index (χ3v) is 2.43. The molecule has 1 unspecified atom stereocenters. The van der Waals surface area contributed by atoms with Crippen LogP contribution >= 0.6 is 11.6 Å². The molecule has 0 aliphatic carbocycles. The number of carboxylic acid groups (broad SMARTS) is 1. The molecule has 1 aromatic carbocycles. The molecule has 1 rings (SSSR count). The molecule has 0 fully saturated rings. The van der Waals surface area contributed by atoms with Crippen LogP contribution in [0.15, 0.2) is 24.3 Å². The Morgan fingerprint density at radius 3 is 2.62 bits per heavy atom. The highest BCUT2D eigenvalue weighted by Gasteiger charge is 2.13. The monoisotopic (exact) mass is 243 g/mol. The van der Waals surface area contributed by atoms with Crippen molar-refractivity contribution in [2.24, 2.45) is 0 Å². The third kappa shape index (κ3) is 4.08. The van der Waals surface area contributed by atoms with Crippen molar-refractivity contribution in [3.63, 3.8) is 0 Å². The summed E-state index contributed by atoms with van der Waals surface area (Å²) in [6.07, 6.45) is -0.458. The lowest BCUT2D eigenvalue weighted by molar-refractivity contribution is 0.170. The predicted molar refractivity (Wildman–Crippen MR) is 61.8 cm³/mol. The number of hydrogen-bond donors (Lipinski definition) is 2. The Morgan fingerprint density at radius 2 is 2.12 bits per heavy atom. The van der Waals surface area contributed by atoms with Gasteiger partial charge in [-0.1, -0.05) is 23.7 Å². The summed E-state index contributed by atoms with van der Waals surface area (Å²) in [5.41, 5.74) is 0.879. The van der Waals surface area contributed by atoms with Gasteiger partial charge in [-0.25, -0.2) is 4.79 Å². The summed E-state index contributed by atoms with van der Waals surface area (Å²) >= 11 is 5.77. The van der Waals surface area contributed by atoms with Crippen molar-refractivity contribution in [2.45, 2.75) is 12.5 Å². The Labute approximate surface area is 99.2 Å². The van der Waals surface area contributed by atoms with E-state index in [9.17, 15) is 4.79 Å². The molecule has 1 aromatic rings. The molecule has 0 aromatic heterocycles. The third-order valence-electron chi connectivity index (χ3n) is 2.18. The van der Waals surface area contributed by atoms with Crippen molar-refractivity contribution in [1.29, 1.82) is 0 Å². The summed E-state index contributed by atoms with van der Waals surface area (Å²) in [6.45, 7) is 0.494. The molecule has 0 aliphatic heterocycles. The summed E-state index contributed by atoms with van der Waals surface area (Å²) in [5.74, 6) is 0. The van der Waals surface area contributed by atoms with Crippen molar-refractivity contribution in [1.82, 2.24) is 5.32 Å². The molecule has 0 heterocycles. The van der Waals surface area contributed by atoms with E-state index in [0.29, 0.717) is 18.1 Å². The first-order chi connectivity index (χ1) is 7.63. The van der Waals surface area contributed by atoms with E-state index in [0.717, 1.165) is 5.56 Å². The highest BCUT2D eigenvalue weighted by atomic mass is 35.5. The van der Waals surface area contributed by atoms with E-state index in [2.05, 4.69) is 5.32 Å². The lowest BCUT2D eigenvalue weighted by Gasteiger charge is -2.16. The summed E-state index contributed by atoms with van der Waals surface area (Å²) < 4.78 is 4.94. The van der Waals surface area contributed by atoms with Gasteiger partial charge in [0, 0.05) is 18.7 Å². The summed E-state index contributed by atoms with van der Waals surface area (Å²) in [6, 6.07) is 6.81. The molecule has 1 atom stereocenters. The van der Waals surface area contributed by atoms with Gasteiger partial charge in [-0.3, -0.25) is 0 Å². The first-order valence-corrected chi connectivity index (χ1v) is 5.25. The number of carbonyl (C=O) groups is 1. The molecule has 5 heteroatoms. The topological polar surface area (TPSA) is 58.6 Å². The molecule has 88 valence electrons. The van der Waals surface area contributed by atoms with Crippen LogP contribution in [0.4, 0.5) is 4.79 Å². The normalized spacial score (nSPS) is 12.1. The minimum atomic E-state index is -1.05. The number of benzene rings is 1. The maximum absolute atomic E-state index is 10.6. The SMILES string of the molecule is COCCC(NC(=O)O)c1ccc(Cl)cc1. The fraction of sp³-hybridized carbons (Fsp3) is 0.364. The smallest absolute Gasteiger partial charge is 0.405 e. The minimum Gasteiger partial charge on any atom is -0.465 e. The molecular formula is C11H14ClNO3. The van der Waals surface area contributed by atoms with E-state index in [1.54, 1.807) is 31.4 Å². The van der Waals surface area contributed by atoms with Gasteiger partial charge in [0.1, 0.15) is 0 Å². The average molecular weight is 244 g/mol. The number of ether oxygens (including phenoxy) is 1. The van der Waals surface area contributed by atoms with Crippen LogP contribution in [0.2, 0.25) is 5.02 Å². The molecule has 4 nitrogen and oxygen atoms in total. The van der Waals surface area contributed by atoms with Gasteiger partial charge < -0.3 is 15.2 Å². The first-order valence-electron chi connectivity index (χ1n) is 4.87. The van der Waals surface area contributed by atoms with Crippen LogP contribution in [-0.4, -0.2) is 24.9 Å². The predicted octanol–water partition coefficient (Wildman–Crippen LogP) is 2.69. The van der Waals surface area contributed by atoms with Crippen LogP contribution in [0.3, 0.4) is 0 Å². The number of rotatable bonds is 5. The van der Waals surface area contributed by atoms with Crippen molar-refractivity contribution in [3.05, 3.63) is 34.9 Å². The second-order valence-electron chi connectivity index (χ2n) is 3.34. The standard InChI is InChI=1S/C11H14ClNO3/c1-16-7-6-10(13-11(14)15)8-2-4-9(12)5-3-8/h2-5,10,13H,6-7H2,1H3,(H,14,15). The Balaban J connectivity index is 2.74. The molecular weight excluding hydrogens is 230 g/mol. The fourth-order valence-electron chi connectivity index (χ4n) is 1.40. The molecule has 0 saturated carbocycles. The zero-order valence-electron chi connectivity index (χ0n) is 8.94. The molecule has 2 N–H and O–H groups in total. The van der Waals surface area contributed by atoms with Crippen LogP contribution in [0.5, 0.6) is 0 Å². The van der Waals surface area contributed by atoms with Gasteiger partial charge in [-0.2, -0.15) is 0 Å². The number of hydrogen-bond acceptors (Lipinski definition) is 2. The lowest BCUT2D eigenvalue weighted by Crippen LogP contribution is -2.27. The first kappa shape index (κ1) is 12.8. The fourth-order valence-corrected chi connectivity index (χ4v) is 1.53. The van der Waals surface area contributed by atoms with Gasteiger partial charge in [0.2, 0.25) is 0 Å². The highest BCUT2D eigenvalue weighted by Crippen LogP contribution is 2.19. The highest BCUT2D eigenvalue weighted by molar-refractivity contribution is 6.30. The summed E-state index contributed by atoms with van der Waals surface area (Å²) in [5, 5.41) is 11.8. The maximum Gasteiger partial charge on any atom is 0.405 e. The van der Waals surface area contributed by atoms with Crippen LogP contribution in [0.25, 0.3) is 0 Å². The van der Waals surface area contributed by atoms with Crippen molar-refractivity contribution < 1.29 is 14.6 Å². The van der Waals surface area contributed by atoms with E-state index < -0.39 is 6.09 Å². The largest absolute Gasteiger partial charge is 0.465 e.